The third kappa shape index (κ3) is 3.03. The van der Waals surface area contributed by atoms with E-state index >= 15 is 0 Å². The number of benzene rings is 1. The molecule has 0 aromatic heterocycles. The van der Waals surface area contributed by atoms with Gasteiger partial charge in [-0.25, -0.2) is 4.79 Å². The first-order valence-electron chi connectivity index (χ1n) is 7.67. The molecule has 7 nitrogen and oxygen atoms in total. The van der Waals surface area contributed by atoms with E-state index in [4.69, 9.17) is 4.74 Å². The summed E-state index contributed by atoms with van der Waals surface area (Å²) in [6, 6.07) is 6.29. The lowest BCUT2D eigenvalue weighted by molar-refractivity contribution is -0.161. The molecule has 2 aliphatic heterocycles. The van der Waals surface area contributed by atoms with Crippen molar-refractivity contribution >= 4 is 39.4 Å². The standard InChI is InChI=1S/C16H17BrN2O5/c17-11-3-1-2-4-12(11)18-6-5-10(14(18)20)15(21)19-7-8-24-9-13(19)16(22)23/h1-4,10,13H,5-9H2,(H,22,23)/t10-,13-/m1/s1. The molecule has 24 heavy (non-hydrogen) atoms. The predicted molar refractivity (Wildman–Crippen MR) is 88.6 cm³/mol. The maximum absolute atomic E-state index is 12.7. The fraction of sp³-hybridized carbons (Fsp3) is 0.438. The molecule has 8 heteroatoms. The highest BCUT2D eigenvalue weighted by molar-refractivity contribution is 9.10. The number of halogens is 1. The van der Waals surface area contributed by atoms with Gasteiger partial charge >= 0.3 is 5.97 Å². The van der Waals surface area contributed by atoms with Gasteiger partial charge in [0.2, 0.25) is 11.8 Å². The highest BCUT2D eigenvalue weighted by Gasteiger charge is 2.43. The Hall–Kier alpha value is -1.93. The van der Waals surface area contributed by atoms with Crippen molar-refractivity contribution in [1.82, 2.24) is 4.90 Å². The van der Waals surface area contributed by atoms with Gasteiger partial charge in [0.05, 0.1) is 18.9 Å². The number of carboxylic acids is 1. The first-order valence-corrected chi connectivity index (χ1v) is 8.47. The summed E-state index contributed by atoms with van der Waals surface area (Å²) in [5, 5.41) is 9.26. The van der Waals surface area contributed by atoms with Crippen LogP contribution in [0, 0.1) is 5.92 Å². The molecule has 0 saturated carbocycles. The Morgan fingerprint density at radius 3 is 2.71 bits per heavy atom. The lowest BCUT2D eigenvalue weighted by Gasteiger charge is -2.34. The number of rotatable bonds is 3. The highest BCUT2D eigenvalue weighted by Crippen LogP contribution is 2.32. The van der Waals surface area contributed by atoms with E-state index in [9.17, 15) is 19.5 Å². The number of carboxylic acid groups (broad SMARTS) is 1. The van der Waals surface area contributed by atoms with E-state index < -0.39 is 23.8 Å². The number of anilines is 1. The Balaban J connectivity index is 1.78. The molecule has 0 bridgehead atoms. The van der Waals surface area contributed by atoms with Crippen LogP contribution >= 0.6 is 15.9 Å². The van der Waals surface area contributed by atoms with Crippen LogP contribution in [0.3, 0.4) is 0 Å². The molecule has 2 aliphatic rings. The minimum Gasteiger partial charge on any atom is -0.480 e. The van der Waals surface area contributed by atoms with Crippen molar-refractivity contribution in [2.45, 2.75) is 12.5 Å². The molecule has 1 aromatic carbocycles. The molecule has 0 radical (unpaired) electrons. The summed E-state index contributed by atoms with van der Waals surface area (Å²) in [4.78, 5) is 39.6. The van der Waals surface area contributed by atoms with Crippen LogP contribution in [0.5, 0.6) is 0 Å². The summed E-state index contributed by atoms with van der Waals surface area (Å²) in [6.07, 6.45) is 0.378. The van der Waals surface area contributed by atoms with Crippen LogP contribution in [0.15, 0.2) is 28.7 Å². The average molecular weight is 397 g/mol. The molecule has 2 atom stereocenters. The van der Waals surface area contributed by atoms with Crippen molar-refractivity contribution in [3.05, 3.63) is 28.7 Å². The second-order valence-electron chi connectivity index (χ2n) is 5.74. The Morgan fingerprint density at radius 1 is 1.25 bits per heavy atom. The summed E-state index contributed by atoms with van der Waals surface area (Å²) in [5.74, 6) is -2.67. The van der Waals surface area contributed by atoms with Crippen LogP contribution in [-0.2, 0) is 19.1 Å². The van der Waals surface area contributed by atoms with Gasteiger partial charge in [-0.1, -0.05) is 12.1 Å². The van der Waals surface area contributed by atoms with Crippen LogP contribution in [0.1, 0.15) is 6.42 Å². The molecular weight excluding hydrogens is 380 g/mol. The number of nitrogens with zero attached hydrogens (tertiary/aromatic N) is 2. The van der Waals surface area contributed by atoms with Crippen molar-refractivity contribution in [2.24, 2.45) is 5.92 Å². The lowest BCUT2D eigenvalue weighted by atomic mass is 10.0. The Morgan fingerprint density at radius 2 is 2.00 bits per heavy atom. The number of morpholine rings is 1. The van der Waals surface area contributed by atoms with Crippen molar-refractivity contribution in [2.75, 3.05) is 31.2 Å². The zero-order valence-electron chi connectivity index (χ0n) is 12.9. The van der Waals surface area contributed by atoms with E-state index in [0.717, 1.165) is 10.2 Å². The molecule has 2 saturated heterocycles. The van der Waals surface area contributed by atoms with Crippen LogP contribution in [0.4, 0.5) is 5.69 Å². The van der Waals surface area contributed by atoms with Crippen LogP contribution < -0.4 is 4.90 Å². The number of ether oxygens (including phenoxy) is 1. The van der Waals surface area contributed by atoms with E-state index in [2.05, 4.69) is 15.9 Å². The lowest BCUT2D eigenvalue weighted by Crippen LogP contribution is -2.55. The van der Waals surface area contributed by atoms with Gasteiger partial charge in [-0.05, 0) is 34.5 Å². The van der Waals surface area contributed by atoms with Crippen molar-refractivity contribution in [3.8, 4) is 0 Å². The quantitative estimate of drug-likeness (QED) is 0.773. The van der Waals surface area contributed by atoms with Crippen LogP contribution in [-0.4, -0.2) is 60.1 Å². The maximum atomic E-state index is 12.7. The van der Waals surface area contributed by atoms with Crippen molar-refractivity contribution < 1.29 is 24.2 Å². The molecule has 0 unspecified atom stereocenters. The minimum atomic E-state index is -1.11. The molecule has 2 fully saturated rings. The van der Waals surface area contributed by atoms with Gasteiger partial charge < -0.3 is 19.6 Å². The second-order valence-corrected chi connectivity index (χ2v) is 6.60. The molecule has 1 N–H and O–H groups in total. The van der Waals surface area contributed by atoms with Gasteiger partial charge in [0.15, 0.2) is 6.04 Å². The van der Waals surface area contributed by atoms with Gasteiger partial charge in [-0.2, -0.15) is 0 Å². The zero-order valence-corrected chi connectivity index (χ0v) is 14.4. The Kier molecular flexibility index (Phi) is 4.86. The monoisotopic (exact) mass is 396 g/mol. The molecule has 0 aliphatic carbocycles. The van der Waals surface area contributed by atoms with Gasteiger partial charge in [-0.3, -0.25) is 9.59 Å². The smallest absolute Gasteiger partial charge is 0.328 e. The summed E-state index contributed by atoms with van der Waals surface area (Å²) in [5.41, 5.74) is 0.717. The van der Waals surface area contributed by atoms with E-state index in [0.29, 0.717) is 13.0 Å². The molecule has 2 heterocycles. The van der Waals surface area contributed by atoms with E-state index in [-0.39, 0.29) is 25.7 Å². The molecule has 1 aromatic rings. The maximum Gasteiger partial charge on any atom is 0.328 e. The number of aliphatic carboxylic acids is 1. The Bertz CT molecular complexity index is 680. The second kappa shape index (κ2) is 6.90. The fourth-order valence-corrected chi connectivity index (χ4v) is 3.59. The summed E-state index contributed by atoms with van der Waals surface area (Å²) in [6.45, 7) is 0.856. The molecule has 128 valence electrons. The molecular formula is C16H17BrN2O5. The van der Waals surface area contributed by atoms with E-state index in [1.807, 2.05) is 24.3 Å². The van der Waals surface area contributed by atoms with Crippen LogP contribution in [0.2, 0.25) is 0 Å². The van der Waals surface area contributed by atoms with E-state index in [1.54, 1.807) is 4.90 Å². The third-order valence-electron chi connectivity index (χ3n) is 4.34. The number of hydrogen-bond acceptors (Lipinski definition) is 4. The SMILES string of the molecule is O=C(O)[C@H]1COCCN1C(=O)[C@@H]1CCN(c2ccccc2Br)C1=O. The normalized spacial score (nSPS) is 24.3. The molecule has 2 amide bonds. The molecule has 0 spiro atoms. The van der Waals surface area contributed by atoms with Gasteiger partial charge in [-0.15, -0.1) is 0 Å². The predicted octanol–water partition coefficient (Wildman–Crippen LogP) is 1.11. The summed E-state index contributed by atoms with van der Waals surface area (Å²) < 4.78 is 5.92. The highest BCUT2D eigenvalue weighted by atomic mass is 79.9. The summed E-state index contributed by atoms with van der Waals surface area (Å²) >= 11 is 3.41. The average Bonchev–Trinajstić information content (AvgIpc) is 2.96. The zero-order chi connectivity index (χ0) is 17.3. The van der Waals surface area contributed by atoms with Crippen molar-refractivity contribution in [3.63, 3.8) is 0 Å². The van der Waals surface area contributed by atoms with Gasteiger partial charge in [0.25, 0.3) is 0 Å². The number of carbonyl (C=O) groups is 3. The largest absolute Gasteiger partial charge is 0.480 e. The van der Waals surface area contributed by atoms with Crippen molar-refractivity contribution in [1.29, 1.82) is 0 Å². The Labute approximate surface area is 147 Å². The van der Waals surface area contributed by atoms with Gasteiger partial charge in [0, 0.05) is 17.6 Å². The number of hydrogen-bond donors (Lipinski definition) is 1. The third-order valence-corrected chi connectivity index (χ3v) is 5.01. The molecule has 3 rings (SSSR count). The minimum absolute atomic E-state index is 0.0457. The van der Waals surface area contributed by atoms with E-state index in [1.165, 1.54) is 4.90 Å². The topological polar surface area (TPSA) is 87.2 Å². The number of carbonyl (C=O) groups excluding carboxylic acids is 2. The fourth-order valence-electron chi connectivity index (χ4n) is 3.09. The number of para-hydroxylation sites is 1. The first kappa shape index (κ1) is 16.9. The van der Waals surface area contributed by atoms with Crippen LogP contribution in [0.25, 0.3) is 0 Å². The summed E-state index contributed by atoms with van der Waals surface area (Å²) in [7, 11) is 0. The van der Waals surface area contributed by atoms with Gasteiger partial charge in [0.1, 0.15) is 5.92 Å². The number of amides is 2. The first-order chi connectivity index (χ1) is 11.5.